The fourth-order valence-corrected chi connectivity index (χ4v) is 1.61. The van der Waals surface area contributed by atoms with Crippen molar-refractivity contribution in [2.45, 2.75) is 0 Å². The van der Waals surface area contributed by atoms with Crippen molar-refractivity contribution in [3.05, 3.63) is 36.5 Å². The molecule has 1 aromatic heterocycles. The molecule has 0 saturated heterocycles. The van der Waals surface area contributed by atoms with Crippen LogP contribution in [-0.2, 0) is 0 Å². The van der Waals surface area contributed by atoms with Crippen LogP contribution < -0.4 is 5.73 Å². The number of benzene rings is 1. The van der Waals surface area contributed by atoms with E-state index in [2.05, 4.69) is 4.37 Å². The maximum absolute atomic E-state index is 5.57. The zero-order valence-electron chi connectivity index (χ0n) is 6.40. The first-order chi connectivity index (χ1) is 5.86. The summed E-state index contributed by atoms with van der Waals surface area (Å²) < 4.78 is 4.03. The maximum Gasteiger partial charge on any atom is 0.0549 e. The predicted octanol–water partition coefficient (Wildman–Crippen LogP) is 2.39. The van der Waals surface area contributed by atoms with Crippen molar-refractivity contribution in [2.24, 2.45) is 0 Å². The highest BCUT2D eigenvalue weighted by Crippen LogP contribution is 2.22. The van der Waals surface area contributed by atoms with Gasteiger partial charge in [-0.1, -0.05) is 12.1 Å². The van der Waals surface area contributed by atoms with Crippen LogP contribution in [0.5, 0.6) is 0 Å². The normalized spacial score (nSPS) is 10.0. The number of rotatable bonds is 1. The van der Waals surface area contributed by atoms with Gasteiger partial charge in [0.25, 0.3) is 0 Å². The molecule has 0 amide bonds. The molecule has 0 saturated carbocycles. The van der Waals surface area contributed by atoms with Crippen LogP contribution >= 0.6 is 11.5 Å². The van der Waals surface area contributed by atoms with E-state index in [-0.39, 0.29) is 0 Å². The average molecular weight is 176 g/mol. The van der Waals surface area contributed by atoms with Crippen LogP contribution in [0.1, 0.15) is 0 Å². The van der Waals surface area contributed by atoms with E-state index in [1.54, 1.807) is 6.20 Å². The third kappa shape index (κ3) is 1.31. The maximum atomic E-state index is 5.57. The highest BCUT2D eigenvalue weighted by atomic mass is 32.1. The van der Waals surface area contributed by atoms with Gasteiger partial charge in [-0.3, -0.25) is 0 Å². The monoisotopic (exact) mass is 176 g/mol. The number of nitrogen functional groups attached to an aromatic ring is 1. The molecule has 3 heteroatoms. The molecule has 12 heavy (non-hydrogen) atoms. The Morgan fingerprint density at radius 1 is 1.08 bits per heavy atom. The van der Waals surface area contributed by atoms with Crippen LogP contribution in [-0.4, -0.2) is 4.37 Å². The molecule has 0 spiro atoms. The number of anilines is 1. The van der Waals surface area contributed by atoms with Crippen molar-refractivity contribution in [2.75, 3.05) is 5.73 Å². The zero-order chi connectivity index (χ0) is 8.39. The van der Waals surface area contributed by atoms with Crippen LogP contribution in [0.3, 0.4) is 0 Å². The molecule has 1 aromatic carbocycles. The number of hydrogen-bond donors (Lipinski definition) is 1. The lowest BCUT2D eigenvalue weighted by Crippen LogP contribution is -1.82. The molecule has 1 heterocycles. The van der Waals surface area contributed by atoms with Crippen molar-refractivity contribution >= 4 is 17.2 Å². The number of aromatic nitrogens is 1. The molecule has 2 rings (SSSR count). The zero-order valence-corrected chi connectivity index (χ0v) is 7.21. The van der Waals surface area contributed by atoms with Crippen molar-refractivity contribution in [3.63, 3.8) is 0 Å². The van der Waals surface area contributed by atoms with Gasteiger partial charge in [0.2, 0.25) is 0 Å². The van der Waals surface area contributed by atoms with Gasteiger partial charge in [-0.15, -0.1) is 0 Å². The van der Waals surface area contributed by atoms with Gasteiger partial charge >= 0.3 is 0 Å². The predicted molar refractivity (Wildman–Crippen MR) is 52.0 cm³/mol. The average Bonchev–Trinajstić information content (AvgIpc) is 2.58. The van der Waals surface area contributed by atoms with Crippen molar-refractivity contribution in [1.29, 1.82) is 0 Å². The molecule has 60 valence electrons. The summed E-state index contributed by atoms with van der Waals surface area (Å²) in [5.74, 6) is 0. The van der Waals surface area contributed by atoms with Crippen molar-refractivity contribution in [3.8, 4) is 10.4 Å². The molecule has 0 radical (unpaired) electrons. The Bertz CT molecular complexity index is 351. The van der Waals surface area contributed by atoms with Gasteiger partial charge in [-0.25, -0.2) is 4.37 Å². The molecule has 2 aromatic rings. The summed E-state index contributed by atoms with van der Waals surface area (Å²) in [6, 6.07) is 9.80. The van der Waals surface area contributed by atoms with Crippen LogP contribution in [0.2, 0.25) is 0 Å². The molecule has 0 aliphatic rings. The van der Waals surface area contributed by atoms with Crippen molar-refractivity contribution in [1.82, 2.24) is 4.37 Å². The molecule has 0 atom stereocenters. The molecular formula is C9H8N2S. The first-order valence-electron chi connectivity index (χ1n) is 3.63. The Kier molecular flexibility index (Phi) is 1.80. The van der Waals surface area contributed by atoms with E-state index in [1.807, 2.05) is 30.3 Å². The Morgan fingerprint density at radius 2 is 1.83 bits per heavy atom. The molecule has 2 N–H and O–H groups in total. The molecule has 0 fully saturated rings. The lowest BCUT2D eigenvalue weighted by atomic mass is 10.2. The van der Waals surface area contributed by atoms with Crippen LogP contribution in [0.4, 0.5) is 5.69 Å². The topological polar surface area (TPSA) is 38.9 Å². The van der Waals surface area contributed by atoms with E-state index >= 15 is 0 Å². The quantitative estimate of drug-likeness (QED) is 0.677. The smallest absolute Gasteiger partial charge is 0.0549 e. The number of nitrogens with zero attached hydrogens (tertiary/aromatic N) is 1. The Morgan fingerprint density at radius 3 is 2.42 bits per heavy atom. The lowest BCUT2D eigenvalue weighted by molar-refractivity contribution is 1.58. The molecule has 0 aliphatic heterocycles. The Labute approximate surface area is 74.8 Å². The third-order valence-electron chi connectivity index (χ3n) is 1.63. The SMILES string of the molecule is Nc1ccc(-c2ccns2)cc1. The van der Waals surface area contributed by atoms with E-state index in [0.717, 1.165) is 5.69 Å². The Hall–Kier alpha value is -1.35. The van der Waals surface area contributed by atoms with Gasteiger partial charge in [0, 0.05) is 11.9 Å². The van der Waals surface area contributed by atoms with E-state index in [1.165, 1.54) is 22.0 Å². The summed E-state index contributed by atoms with van der Waals surface area (Å²) >= 11 is 1.49. The molecule has 0 bridgehead atoms. The second kappa shape index (κ2) is 2.95. The van der Waals surface area contributed by atoms with Crippen LogP contribution in [0.15, 0.2) is 36.5 Å². The van der Waals surface area contributed by atoms with E-state index in [9.17, 15) is 0 Å². The summed E-state index contributed by atoms with van der Waals surface area (Å²) in [6.45, 7) is 0. The largest absolute Gasteiger partial charge is 0.399 e. The molecule has 0 unspecified atom stereocenters. The van der Waals surface area contributed by atoms with Crippen molar-refractivity contribution < 1.29 is 0 Å². The second-order valence-corrected chi connectivity index (χ2v) is 3.33. The summed E-state index contributed by atoms with van der Waals surface area (Å²) in [6.07, 6.45) is 1.80. The van der Waals surface area contributed by atoms with Gasteiger partial charge in [0.05, 0.1) is 4.88 Å². The summed E-state index contributed by atoms with van der Waals surface area (Å²) in [5.41, 5.74) is 7.54. The minimum absolute atomic E-state index is 0.795. The Balaban J connectivity index is 2.43. The minimum atomic E-state index is 0.795. The number of hydrogen-bond acceptors (Lipinski definition) is 3. The molecule has 0 aliphatic carbocycles. The van der Waals surface area contributed by atoms with Crippen LogP contribution in [0, 0.1) is 0 Å². The minimum Gasteiger partial charge on any atom is -0.399 e. The fourth-order valence-electron chi connectivity index (χ4n) is 1.01. The van der Waals surface area contributed by atoms with Crippen LogP contribution in [0.25, 0.3) is 10.4 Å². The van der Waals surface area contributed by atoms with E-state index in [0.29, 0.717) is 0 Å². The molecule has 2 nitrogen and oxygen atoms in total. The summed E-state index contributed by atoms with van der Waals surface area (Å²) in [7, 11) is 0. The highest BCUT2D eigenvalue weighted by molar-refractivity contribution is 7.09. The lowest BCUT2D eigenvalue weighted by Gasteiger charge is -1.95. The second-order valence-electron chi connectivity index (χ2n) is 2.50. The van der Waals surface area contributed by atoms with Gasteiger partial charge in [0.15, 0.2) is 0 Å². The highest BCUT2D eigenvalue weighted by Gasteiger charge is 1.97. The first kappa shape index (κ1) is 7.31. The van der Waals surface area contributed by atoms with E-state index < -0.39 is 0 Å². The third-order valence-corrected chi connectivity index (χ3v) is 2.43. The van der Waals surface area contributed by atoms with Gasteiger partial charge in [-0.2, -0.15) is 0 Å². The van der Waals surface area contributed by atoms with E-state index in [4.69, 9.17) is 5.73 Å². The summed E-state index contributed by atoms with van der Waals surface area (Å²) in [5, 5.41) is 0. The summed E-state index contributed by atoms with van der Waals surface area (Å²) in [4.78, 5) is 1.18. The van der Waals surface area contributed by atoms with Gasteiger partial charge < -0.3 is 5.73 Å². The van der Waals surface area contributed by atoms with Gasteiger partial charge in [0.1, 0.15) is 0 Å². The fraction of sp³-hybridized carbons (Fsp3) is 0. The van der Waals surface area contributed by atoms with Gasteiger partial charge in [-0.05, 0) is 35.3 Å². The molecular weight excluding hydrogens is 168 g/mol. The number of nitrogens with two attached hydrogens (primary N) is 1. The first-order valence-corrected chi connectivity index (χ1v) is 4.40. The standard InChI is InChI=1S/C9H8N2S/c10-8-3-1-7(2-4-8)9-5-6-11-12-9/h1-6H,10H2.